The lowest BCUT2D eigenvalue weighted by Gasteiger charge is -2.19. The zero-order chi connectivity index (χ0) is 23.2. The first-order valence-electron chi connectivity index (χ1n) is 8.19. The number of aromatic nitrogens is 4. The van der Waals surface area contributed by atoms with Crippen LogP contribution in [-0.4, -0.2) is 80.1 Å². The molecule has 3 heterocycles. The lowest BCUT2D eigenvalue weighted by Crippen LogP contribution is -2.33. The van der Waals surface area contributed by atoms with E-state index in [0.29, 0.717) is 0 Å². The highest BCUT2D eigenvalue weighted by molar-refractivity contribution is 7.74. The molecule has 0 aliphatic carbocycles. The van der Waals surface area contributed by atoms with E-state index in [1.165, 1.54) is 10.9 Å². The molecule has 0 aromatic carbocycles. The third kappa shape index (κ3) is 5.73. The molecule has 174 valence electrons. The molecule has 2 unspecified atom stereocenters. The second kappa shape index (κ2) is 8.56. The van der Waals surface area contributed by atoms with Crippen molar-refractivity contribution in [2.75, 3.05) is 18.2 Å². The number of ether oxygens (including phenoxy) is 1. The van der Waals surface area contributed by atoms with Gasteiger partial charge in [0.05, 0.1) is 12.9 Å². The van der Waals surface area contributed by atoms with Gasteiger partial charge in [-0.05, 0) is 0 Å². The molecule has 0 amide bonds. The summed E-state index contributed by atoms with van der Waals surface area (Å²) in [5.74, 6) is -1.58. The Kier molecular flexibility index (Phi) is 6.71. The number of hydrogen-bond acceptors (Lipinski definition) is 12. The molecule has 17 nitrogen and oxygen atoms in total. The molecule has 2 aromatic rings. The van der Waals surface area contributed by atoms with Crippen LogP contribution in [0, 0.1) is 0 Å². The minimum Gasteiger partial charge on any atom is -0.387 e. The van der Waals surface area contributed by atoms with Crippen LogP contribution in [0.5, 0.6) is 0 Å². The molecule has 1 saturated heterocycles. The number of hydrogen-bond donors (Lipinski definition) is 7. The largest absolute Gasteiger partial charge is 0.476 e. The first-order valence-corrected chi connectivity index (χ1v) is 13.2. The second-order valence-corrected chi connectivity index (χ2v) is 12.0. The van der Waals surface area contributed by atoms with Crippen LogP contribution in [0.1, 0.15) is 6.23 Å². The molecule has 2 aromatic heterocycles. The molecular formula is C11H18N5O12P3. The molecule has 1 aliphatic rings. The number of fused-ring (bicyclic) bond motifs is 1. The van der Waals surface area contributed by atoms with Crippen molar-refractivity contribution in [3.63, 3.8) is 0 Å². The van der Waals surface area contributed by atoms with Gasteiger partial charge in [-0.3, -0.25) is 13.7 Å². The zero-order valence-electron chi connectivity index (χ0n) is 15.2. The van der Waals surface area contributed by atoms with Gasteiger partial charge in [-0.2, -0.15) is 0 Å². The van der Waals surface area contributed by atoms with Crippen molar-refractivity contribution in [2.45, 2.75) is 24.5 Å². The van der Waals surface area contributed by atoms with Crippen molar-refractivity contribution in [1.29, 1.82) is 0 Å². The van der Waals surface area contributed by atoms with Crippen LogP contribution in [0.25, 0.3) is 11.2 Å². The fourth-order valence-electron chi connectivity index (χ4n) is 2.80. The van der Waals surface area contributed by atoms with E-state index >= 15 is 0 Å². The maximum atomic E-state index is 12.0. The van der Waals surface area contributed by atoms with Crippen LogP contribution in [0.15, 0.2) is 12.7 Å². The lowest BCUT2D eigenvalue weighted by molar-refractivity contribution is -0.0483. The molecule has 0 spiro atoms. The molecular weight excluding hydrogens is 487 g/mol. The fraction of sp³-hybridized carbons (Fsp3) is 0.545. The van der Waals surface area contributed by atoms with Gasteiger partial charge >= 0.3 is 23.0 Å². The third-order valence-electron chi connectivity index (χ3n) is 4.03. The van der Waals surface area contributed by atoms with Crippen molar-refractivity contribution in [2.24, 2.45) is 0 Å². The Bertz CT molecular complexity index is 1110. The quantitative estimate of drug-likeness (QED) is 0.201. The Hall–Kier alpha value is -1.32. The normalized spacial score (nSPS) is 28.5. The van der Waals surface area contributed by atoms with Gasteiger partial charge in [0.1, 0.15) is 30.2 Å². The topological polar surface area (TPSA) is 270 Å². The van der Waals surface area contributed by atoms with Gasteiger partial charge in [-0.25, -0.2) is 23.8 Å². The van der Waals surface area contributed by atoms with Gasteiger partial charge in [0.15, 0.2) is 23.6 Å². The Morgan fingerprint density at radius 2 is 1.74 bits per heavy atom. The van der Waals surface area contributed by atoms with E-state index in [0.717, 1.165) is 6.33 Å². The minimum atomic E-state index is -5.42. The number of aliphatic hydroxyl groups is 2. The number of nitrogens with two attached hydrogens (primary N) is 1. The molecule has 20 heteroatoms. The number of rotatable bonds is 8. The average Bonchev–Trinajstić information content (AvgIpc) is 3.13. The van der Waals surface area contributed by atoms with Crippen molar-refractivity contribution >= 4 is 40.0 Å². The van der Waals surface area contributed by atoms with E-state index in [1.54, 1.807) is 0 Å². The number of anilines is 1. The smallest absolute Gasteiger partial charge is 0.387 e. The molecule has 0 saturated carbocycles. The zero-order valence-corrected chi connectivity index (χ0v) is 17.9. The van der Waals surface area contributed by atoms with Crippen LogP contribution < -0.4 is 5.73 Å². The highest BCUT2D eigenvalue weighted by atomic mass is 31.3. The van der Waals surface area contributed by atoms with Crippen molar-refractivity contribution in [3.8, 4) is 0 Å². The predicted octanol–water partition coefficient (Wildman–Crippen LogP) is -1.52. The monoisotopic (exact) mass is 505 g/mol. The van der Waals surface area contributed by atoms with Crippen molar-refractivity contribution in [3.05, 3.63) is 12.7 Å². The van der Waals surface area contributed by atoms with Crippen LogP contribution in [0.2, 0.25) is 0 Å². The molecule has 8 N–H and O–H groups in total. The Morgan fingerprint density at radius 3 is 2.39 bits per heavy atom. The molecule has 1 fully saturated rings. The molecule has 0 radical (unpaired) electrons. The third-order valence-corrected chi connectivity index (χ3v) is 9.31. The standard InChI is InChI=1S/C11H18N5O12P3/c12-9-6-10(14-2-13-9)16(3-15-6)11-8(18)7(17)5(27-11)1-26-29(19,20)4-30(21,22)28-31(23,24)25/h2-3,5,7-8,11,17-18H,1,4H2,(H,19,20)(H,21,22)(H2,12,13,14)(H2,23,24,25)/t5-,7-,8+,11-/m1/s1. The van der Waals surface area contributed by atoms with E-state index in [-0.39, 0.29) is 17.0 Å². The molecule has 1 aliphatic heterocycles. The van der Waals surface area contributed by atoms with Crippen LogP contribution in [-0.2, 0) is 27.3 Å². The van der Waals surface area contributed by atoms with Gasteiger partial charge in [0.2, 0.25) is 0 Å². The lowest BCUT2D eigenvalue weighted by atomic mass is 10.1. The van der Waals surface area contributed by atoms with Gasteiger partial charge < -0.3 is 44.8 Å². The molecule has 3 rings (SSSR count). The summed E-state index contributed by atoms with van der Waals surface area (Å²) in [5.41, 5.74) is 6.06. The fourth-order valence-corrected chi connectivity index (χ4v) is 7.32. The van der Waals surface area contributed by atoms with E-state index in [1.807, 2.05) is 0 Å². The number of imidazole rings is 1. The van der Waals surface area contributed by atoms with E-state index in [4.69, 9.17) is 20.3 Å². The molecule has 6 atom stereocenters. The number of phosphoric acid groups is 1. The Labute approximate surface area is 172 Å². The first kappa shape index (κ1) is 24.3. The van der Waals surface area contributed by atoms with E-state index < -0.39 is 60.1 Å². The predicted molar refractivity (Wildman–Crippen MR) is 99.3 cm³/mol. The Morgan fingerprint density at radius 1 is 1.06 bits per heavy atom. The Balaban J connectivity index is 1.69. The average molecular weight is 505 g/mol. The van der Waals surface area contributed by atoms with Gasteiger partial charge in [-0.1, -0.05) is 0 Å². The van der Waals surface area contributed by atoms with E-state index in [9.17, 15) is 33.7 Å². The van der Waals surface area contributed by atoms with Crippen LogP contribution in [0.4, 0.5) is 5.82 Å². The first-order chi connectivity index (χ1) is 14.2. The summed E-state index contributed by atoms with van der Waals surface area (Å²) in [7, 11) is -15.6. The summed E-state index contributed by atoms with van der Waals surface area (Å²) in [6.07, 6.45) is -3.43. The summed E-state index contributed by atoms with van der Waals surface area (Å²) in [5, 5.41) is 20.5. The number of nitrogens with zero attached hydrogens (tertiary/aromatic N) is 4. The SMILES string of the molecule is Nc1ncnc2c1ncn2[C@@H]1O[C@H](COP(=O)(O)CP(=O)(O)OP(=O)(O)O)[C@@H](O)[C@@H]1O. The summed E-state index contributed by atoms with van der Waals surface area (Å²) >= 11 is 0. The van der Waals surface area contributed by atoms with Crippen molar-refractivity contribution < 1.29 is 57.1 Å². The van der Waals surface area contributed by atoms with Crippen LogP contribution >= 0.6 is 23.0 Å². The van der Waals surface area contributed by atoms with Crippen molar-refractivity contribution in [1.82, 2.24) is 19.5 Å². The van der Waals surface area contributed by atoms with Crippen LogP contribution in [0.3, 0.4) is 0 Å². The summed E-state index contributed by atoms with van der Waals surface area (Å²) in [6, 6.07) is 0. The number of nitrogen functional groups attached to an aromatic ring is 1. The van der Waals surface area contributed by atoms with Gasteiger partial charge in [-0.15, -0.1) is 0 Å². The second-order valence-electron chi connectivity index (χ2n) is 6.41. The summed E-state index contributed by atoms with van der Waals surface area (Å²) < 4.78 is 49.2. The number of aliphatic hydroxyl groups excluding tert-OH is 2. The minimum absolute atomic E-state index is 0.0591. The summed E-state index contributed by atoms with van der Waals surface area (Å²) in [4.78, 5) is 47.9. The molecule has 0 bridgehead atoms. The highest BCUT2D eigenvalue weighted by Crippen LogP contribution is 2.64. The highest BCUT2D eigenvalue weighted by Gasteiger charge is 2.46. The summed E-state index contributed by atoms with van der Waals surface area (Å²) in [6.45, 7) is -0.831. The molecule has 31 heavy (non-hydrogen) atoms. The maximum absolute atomic E-state index is 12.0. The van der Waals surface area contributed by atoms with E-state index in [2.05, 4.69) is 23.8 Å². The van der Waals surface area contributed by atoms with Gasteiger partial charge in [0.25, 0.3) is 0 Å². The maximum Gasteiger partial charge on any atom is 0.476 e. The van der Waals surface area contributed by atoms with Gasteiger partial charge in [0, 0.05) is 0 Å².